The third kappa shape index (κ3) is 3.13. The summed E-state index contributed by atoms with van der Waals surface area (Å²) in [5.74, 6) is 0.578. The van der Waals surface area contributed by atoms with Gasteiger partial charge in [0.05, 0.1) is 12.7 Å². The van der Waals surface area contributed by atoms with Crippen LogP contribution < -0.4 is 15.8 Å². The predicted molar refractivity (Wildman–Crippen MR) is 73.7 cm³/mol. The summed E-state index contributed by atoms with van der Waals surface area (Å²) in [5, 5.41) is 12.1. The van der Waals surface area contributed by atoms with Gasteiger partial charge in [0.15, 0.2) is 0 Å². The van der Waals surface area contributed by atoms with Gasteiger partial charge in [-0.05, 0) is 29.8 Å². The molecule has 0 radical (unpaired) electrons. The fourth-order valence-corrected chi connectivity index (χ4v) is 1.64. The Bertz CT molecular complexity index is 619. The van der Waals surface area contributed by atoms with Crippen LogP contribution in [-0.2, 0) is 6.54 Å². The van der Waals surface area contributed by atoms with Crippen LogP contribution in [0.25, 0.3) is 0 Å². The summed E-state index contributed by atoms with van der Waals surface area (Å²) in [5.41, 5.74) is 8.52. The molecular weight excluding hydrogens is 240 g/mol. The van der Waals surface area contributed by atoms with Crippen LogP contribution in [0.15, 0.2) is 36.5 Å². The molecule has 1 aromatic heterocycles. The number of ether oxygens (including phenoxy) is 1. The molecule has 0 atom stereocenters. The molecule has 5 nitrogen and oxygen atoms in total. The van der Waals surface area contributed by atoms with Gasteiger partial charge in [0.25, 0.3) is 0 Å². The molecule has 0 unspecified atom stereocenters. The quantitative estimate of drug-likeness (QED) is 0.817. The monoisotopic (exact) mass is 254 g/mol. The van der Waals surface area contributed by atoms with Gasteiger partial charge in [-0.3, -0.25) is 0 Å². The van der Waals surface area contributed by atoms with Crippen molar-refractivity contribution in [3.63, 3.8) is 0 Å². The Hall–Kier alpha value is -2.74. The first kappa shape index (κ1) is 12.7. The van der Waals surface area contributed by atoms with E-state index in [0.717, 1.165) is 11.3 Å². The molecule has 2 rings (SSSR count). The van der Waals surface area contributed by atoms with Crippen molar-refractivity contribution in [3.05, 3.63) is 47.7 Å². The number of benzene rings is 1. The Kier molecular flexibility index (Phi) is 3.84. The van der Waals surface area contributed by atoms with Crippen LogP contribution in [-0.4, -0.2) is 12.1 Å². The average molecular weight is 254 g/mol. The number of nitrogens with one attached hydrogen (secondary N) is 1. The number of nitrogens with zero attached hydrogens (tertiary/aromatic N) is 2. The number of methoxy groups -OCH3 is 1. The Morgan fingerprint density at radius 2 is 2.21 bits per heavy atom. The number of aromatic nitrogens is 1. The fourth-order valence-electron chi connectivity index (χ4n) is 1.64. The minimum atomic E-state index is 0.470. The van der Waals surface area contributed by atoms with Crippen LogP contribution in [0, 0.1) is 11.3 Å². The van der Waals surface area contributed by atoms with Gasteiger partial charge in [-0.1, -0.05) is 0 Å². The van der Waals surface area contributed by atoms with E-state index in [1.165, 1.54) is 0 Å². The second-order valence-corrected chi connectivity index (χ2v) is 3.97. The first-order valence-electron chi connectivity index (χ1n) is 5.75. The summed E-state index contributed by atoms with van der Waals surface area (Å²) in [7, 11) is 1.58. The van der Waals surface area contributed by atoms with Gasteiger partial charge < -0.3 is 15.8 Å². The Morgan fingerprint density at radius 1 is 1.37 bits per heavy atom. The second kappa shape index (κ2) is 5.74. The van der Waals surface area contributed by atoms with E-state index in [4.69, 9.17) is 15.7 Å². The normalized spacial score (nSPS) is 9.68. The van der Waals surface area contributed by atoms with Crippen LogP contribution in [0.5, 0.6) is 5.88 Å². The highest BCUT2D eigenvalue weighted by Gasteiger charge is 2.01. The molecule has 0 aliphatic carbocycles. The molecule has 19 heavy (non-hydrogen) atoms. The van der Waals surface area contributed by atoms with Gasteiger partial charge in [0.1, 0.15) is 6.07 Å². The molecule has 0 aliphatic heterocycles. The lowest BCUT2D eigenvalue weighted by atomic mass is 10.1. The number of nitrogens with two attached hydrogens (primary N) is 1. The molecule has 5 heteroatoms. The highest BCUT2D eigenvalue weighted by molar-refractivity contribution is 5.61. The molecular formula is C14H14N4O. The standard InChI is InChI=1S/C14H14N4O/c1-19-14-6-10(4-5-17-14)9-18-12-2-3-13(16)11(7-12)8-15/h2-7,18H,9,16H2,1H3. The van der Waals surface area contributed by atoms with Gasteiger partial charge in [-0.15, -0.1) is 0 Å². The average Bonchev–Trinajstić information content (AvgIpc) is 2.46. The first-order chi connectivity index (χ1) is 9.22. The minimum absolute atomic E-state index is 0.470. The molecule has 0 saturated heterocycles. The molecule has 96 valence electrons. The highest BCUT2D eigenvalue weighted by Crippen LogP contribution is 2.18. The summed E-state index contributed by atoms with van der Waals surface area (Å²) < 4.78 is 5.06. The second-order valence-electron chi connectivity index (χ2n) is 3.97. The Balaban J connectivity index is 2.08. The van der Waals surface area contributed by atoms with Crippen molar-refractivity contribution in [2.75, 3.05) is 18.2 Å². The number of nitrogen functional groups attached to an aromatic ring is 1. The lowest BCUT2D eigenvalue weighted by Crippen LogP contribution is -2.01. The molecule has 0 aliphatic rings. The molecule has 3 N–H and O–H groups in total. The van der Waals surface area contributed by atoms with Crippen molar-refractivity contribution in [1.29, 1.82) is 5.26 Å². The van der Waals surface area contributed by atoms with E-state index in [-0.39, 0.29) is 0 Å². The van der Waals surface area contributed by atoms with E-state index in [1.54, 1.807) is 25.4 Å². The summed E-state index contributed by atoms with van der Waals surface area (Å²) in [6.07, 6.45) is 1.69. The van der Waals surface area contributed by atoms with Gasteiger partial charge in [-0.25, -0.2) is 4.98 Å². The van der Waals surface area contributed by atoms with Crippen molar-refractivity contribution in [3.8, 4) is 11.9 Å². The number of hydrogen-bond acceptors (Lipinski definition) is 5. The number of pyridine rings is 1. The summed E-state index contributed by atoms with van der Waals surface area (Å²) >= 11 is 0. The summed E-state index contributed by atoms with van der Waals surface area (Å²) in [6, 6.07) is 11.1. The molecule has 0 amide bonds. The van der Waals surface area contributed by atoms with Crippen LogP contribution in [0.2, 0.25) is 0 Å². The lowest BCUT2D eigenvalue weighted by molar-refractivity contribution is 0.397. The third-order valence-electron chi connectivity index (χ3n) is 2.68. The highest BCUT2D eigenvalue weighted by atomic mass is 16.5. The van der Waals surface area contributed by atoms with E-state index >= 15 is 0 Å². The zero-order valence-corrected chi connectivity index (χ0v) is 10.6. The molecule has 2 aromatic rings. The van der Waals surface area contributed by atoms with Crippen LogP contribution >= 0.6 is 0 Å². The maximum absolute atomic E-state index is 8.91. The minimum Gasteiger partial charge on any atom is -0.481 e. The Morgan fingerprint density at radius 3 is 2.95 bits per heavy atom. The Labute approximate surface area is 111 Å². The third-order valence-corrected chi connectivity index (χ3v) is 2.68. The van der Waals surface area contributed by atoms with E-state index in [9.17, 15) is 0 Å². The zero-order chi connectivity index (χ0) is 13.7. The summed E-state index contributed by atoms with van der Waals surface area (Å²) in [6.45, 7) is 0.619. The van der Waals surface area contributed by atoms with Crippen molar-refractivity contribution in [1.82, 2.24) is 4.98 Å². The smallest absolute Gasteiger partial charge is 0.213 e. The maximum atomic E-state index is 8.91. The first-order valence-corrected chi connectivity index (χ1v) is 5.75. The van der Waals surface area contributed by atoms with E-state index in [1.807, 2.05) is 18.2 Å². The van der Waals surface area contributed by atoms with Crippen molar-refractivity contribution in [2.45, 2.75) is 6.54 Å². The topological polar surface area (TPSA) is 84.0 Å². The largest absolute Gasteiger partial charge is 0.481 e. The summed E-state index contributed by atoms with van der Waals surface area (Å²) in [4.78, 5) is 4.04. The van der Waals surface area contributed by atoms with Crippen molar-refractivity contribution >= 4 is 11.4 Å². The maximum Gasteiger partial charge on any atom is 0.213 e. The van der Waals surface area contributed by atoms with Gasteiger partial charge in [0.2, 0.25) is 5.88 Å². The van der Waals surface area contributed by atoms with Gasteiger partial charge in [0, 0.05) is 30.2 Å². The molecule has 0 saturated carbocycles. The lowest BCUT2D eigenvalue weighted by Gasteiger charge is -2.08. The molecule has 1 heterocycles. The van der Waals surface area contributed by atoms with Gasteiger partial charge in [-0.2, -0.15) is 5.26 Å². The van der Waals surface area contributed by atoms with Gasteiger partial charge >= 0.3 is 0 Å². The fraction of sp³-hybridized carbons (Fsp3) is 0.143. The van der Waals surface area contributed by atoms with E-state index in [0.29, 0.717) is 23.7 Å². The van der Waals surface area contributed by atoms with Crippen molar-refractivity contribution in [2.24, 2.45) is 0 Å². The predicted octanol–water partition coefficient (Wildman–Crippen LogP) is 2.16. The molecule has 0 fully saturated rings. The zero-order valence-electron chi connectivity index (χ0n) is 10.6. The number of rotatable bonds is 4. The SMILES string of the molecule is COc1cc(CNc2ccc(N)c(C#N)c2)ccn1. The van der Waals surface area contributed by atoms with E-state index < -0.39 is 0 Å². The van der Waals surface area contributed by atoms with Crippen LogP contribution in [0.3, 0.4) is 0 Å². The number of hydrogen-bond donors (Lipinski definition) is 2. The van der Waals surface area contributed by atoms with Crippen LogP contribution in [0.1, 0.15) is 11.1 Å². The van der Waals surface area contributed by atoms with Crippen molar-refractivity contribution < 1.29 is 4.74 Å². The molecule has 0 bridgehead atoms. The number of nitriles is 1. The molecule has 0 spiro atoms. The molecule has 1 aromatic carbocycles. The van der Waals surface area contributed by atoms with E-state index in [2.05, 4.69) is 16.4 Å². The number of anilines is 2. The van der Waals surface area contributed by atoms with Crippen LogP contribution in [0.4, 0.5) is 11.4 Å².